The third-order valence-corrected chi connectivity index (χ3v) is 4.36. The number of nitrogens with zero attached hydrogens (tertiary/aromatic N) is 1. The Morgan fingerprint density at radius 1 is 1.47 bits per heavy atom. The summed E-state index contributed by atoms with van der Waals surface area (Å²) in [7, 11) is 2.08. The zero-order valence-electron chi connectivity index (χ0n) is 11.7. The second kappa shape index (κ2) is 8.25. The van der Waals surface area contributed by atoms with Crippen molar-refractivity contribution in [3.8, 4) is 0 Å². The lowest BCUT2D eigenvalue weighted by molar-refractivity contribution is 0.187. The molecular formula is C15H24BrClN2. The summed E-state index contributed by atoms with van der Waals surface area (Å²) in [5.41, 5.74) is 1.43. The highest BCUT2D eigenvalue weighted by molar-refractivity contribution is 9.10. The van der Waals surface area contributed by atoms with Crippen LogP contribution in [0, 0.1) is 0 Å². The van der Waals surface area contributed by atoms with Crippen LogP contribution in [0.4, 0.5) is 0 Å². The molecule has 1 aromatic carbocycles. The molecule has 1 heterocycles. The van der Waals surface area contributed by atoms with Crippen molar-refractivity contribution in [2.75, 3.05) is 26.7 Å². The van der Waals surface area contributed by atoms with E-state index in [1.807, 2.05) is 0 Å². The van der Waals surface area contributed by atoms with Gasteiger partial charge in [0.1, 0.15) is 0 Å². The molecule has 1 fully saturated rings. The molecule has 1 N–H and O–H groups in total. The van der Waals surface area contributed by atoms with E-state index in [1.54, 1.807) is 0 Å². The average molecular weight is 348 g/mol. The van der Waals surface area contributed by atoms with E-state index >= 15 is 0 Å². The van der Waals surface area contributed by atoms with Crippen LogP contribution in [0.1, 0.15) is 31.2 Å². The van der Waals surface area contributed by atoms with Gasteiger partial charge in [-0.05, 0) is 50.0 Å². The summed E-state index contributed by atoms with van der Waals surface area (Å²) in [6.45, 7) is 5.92. The monoisotopic (exact) mass is 346 g/mol. The van der Waals surface area contributed by atoms with Crippen LogP contribution in [0.25, 0.3) is 0 Å². The standard InChI is InChI=1S/C15H23BrN2.ClH/c1-12(13-5-3-6-14(16)9-13)10-18-8-4-7-15(11-18)17-2;/h3,5-6,9,12,15,17H,4,7-8,10-11H2,1-2H3;1H. The Balaban J connectivity index is 0.00000180. The molecule has 0 saturated carbocycles. The zero-order chi connectivity index (χ0) is 13.0. The van der Waals surface area contributed by atoms with Crippen LogP contribution in [-0.2, 0) is 0 Å². The molecule has 108 valence electrons. The number of likely N-dealkylation sites (N-methyl/N-ethyl adjacent to an activating group) is 1. The minimum atomic E-state index is 0. The number of nitrogens with one attached hydrogen (secondary N) is 1. The van der Waals surface area contributed by atoms with Crippen LogP contribution in [0.15, 0.2) is 28.7 Å². The molecule has 0 aliphatic carbocycles. The SMILES string of the molecule is CNC1CCCN(CC(C)c2cccc(Br)c2)C1.Cl. The fraction of sp³-hybridized carbons (Fsp3) is 0.600. The molecule has 1 aliphatic heterocycles. The van der Waals surface area contributed by atoms with Gasteiger partial charge in [-0.1, -0.05) is 35.0 Å². The van der Waals surface area contributed by atoms with E-state index in [1.165, 1.54) is 36.0 Å². The van der Waals surface area contributed by atoms with Crippen LogP contribution < -0.4 is 5.32 Å². The fourth-order valence-corrected chi connectivity index (χ4v) is 3.18. The van der Waals surface area contributed by atoms with Crippen molar-refractivity contribution in [1.82, 2.24) is 10.2 Å². The summed E-state index contributed by atoms with van der Waals surface area (Å²) >= 11 is 3.55. The molecule has 2 atom stereocenters. The Hall–Kier alpha value is -0.0900. The molecule has 0 amide bonds. The predicted molar refractivity (Wildman–Crippen MR) is 88.3 cm³/mol. The third kappa shape index (κ3) is 5.07. The normalized spacial score (nSPS) is 21.7. The number of hydrogen-bond acceptors (Lipinski definition) is 2. The Labute approximate surface area is 131 Å². The highest BCUT2D eigenvalue weighted by Gasteiger charge is 2.20. The molecule has 1 saturated heterocycles. The zero-order valence-corrected chi connectivity index (χ0v) is 14.1. The molecule has 2 nitrogen and oxygen atoms in total. The van der Waals surface area contributed by atoms with Gasteiger partial charge in [-0.25, -0.2) is 0 Å². The van der Waals surface area contributed by atoms with Gasteiger partial charge < -0.3 is 10.2 Å². The van der Waals surface area contributed by atoms with Gasteiger partial charge in [0.2, 0.25) is 0 Å². The first-order valence-electron chi connectivity index (χ1n) is 6.84. The maximum atomic E-state index is 3.55. The van der Waals surface area contributed by atoms with Crippen molar-refractivity contribution < 1.29 is 0 Å². The number of piperidine rings is 1. The van der Waals surface area contributed by atoms with Gasteiger partial charge in [0.15, 0.2) is 0 Å². The van der Waals surface area contributed by atoms with E-state index in [4.69, 9.17) is 0 Å². The molecule has 19 heavy (non-hydrogen) atoms. The average Bonchev–Trinajstić information content (AvgIpc) is 2.39. The summed E-state index contributed by atoms with van der Waals surface area (Å²) in [6.07, 6.45) is 2.63. The van der Waals surface area contributed by atoms with Gasteiger partial charge in [-0.3, -0.25) is 0 Å². The molecule has 2 unspecified atom stereocenters. The molecule has 2 rings (SSSR count). The highest BCUT2D eigenvalue weighted by Crippen LogP contribution is 2.22. The summed E-state index contributed by atoms with van der Waals surface area (Å²) in [4.78, 5) is 2.59. The molecular weight excluding hydrogens is 324 g/mol. The van der Waals surface area contributed by atoms with Crippen molar-refractivity contribution in [2.24, 2.45) is 0 Å². The van der Waals surface area contributed by atoms with Gasteiger partial charge in [-0.15, -0.1) is 12.4 Å². The predicted octanol–water partition coefficient (Wildman–Crippen LogP) is 3.66. The second-order valence-electron chi connectivity index (χ2n) is 5.34. The number of benzene rings is 1. The van der Waals surface area contributed by atoms with Crippen LogP contribution in [0.2, 0.25) is 0 Å². The molecule has 1 aliphatic rings. The second-order valence-corrected chi connectivity index (χ2v) is 6.26. The van der Waals surface area contributed by atoms with Gasteiger partial charge in [0.05, 0.1) is 0 Å². The number of likely N-dealkylation sites (tertiary alicyclic amines) is 1. The molecule has 0 radical (unpaired) electrons. The summed E-state index contributed by atoms with van der Waals surface area (Å²) < 4.78 is 1.18. The van der Waals surface area contributed by atoms with Crippen LogP contribution in [-0.4, -0.2) is 37.6 Å². The van der Waals surface area contributed by atoms with E-state index in [0.717, 1.165) is 6.54 Å². The van der Waals surface area contributed by atoms with E-state index in [0.29, 0.717) is 12.0 Å². The summed E-state index contributed by atoms with van der Waals surface area (Å²) in [5.74, 6) is 0.595. The molecule has 0 spiro atoms. The van der Waals surface area contributed by atoms with Crippen molar-refractivity contribution >= 4 is 28.3 Å². The lowest BCUT2D eigenvalue weighted by Gasteiger charge is -2.34. The lowest BCUT2D eigenvalue weighted by Crippen LogP contribution is -2.45. The quantitative estimate of drug-likeness (QED) is 0.894. The van der Waals surface area contributed by atoms with Crippen molar-refractivity contribution in [2.45, 2.75) is 31.7 Å². The number of halogens is 2. The van der Waals surface area contributed by atoms with Gasteiger partial charge in [0.25, 0.3) is 0 Å². The van der Waals surface area contributed by atoms with Crippen LogP contribution in [0.5, 0.6) is 0 Å². The molecule has 1 aromatic rings. The van der Waals surface area contributed by atoms with E-state index in [2.05, 4.69) is 64.4 Å². The Morgan fingerprint density at radius 2 is 2.26 bits per heavy atom. The first-order chi connectivity index (χ1) is 8.69. The minimum Gasteiger partial charge on any atom is -0.316 e. The summed E-state index contributed by atoms with van der Waals surface area (Å²) in [5, 5.41) is 3.41. The fourth-order valence-electron chi connectivity index (χ4n) is 2.76. The van der Waals surface area contributed by atoms with Crippen LogP contribution in [0.3, 0.4) is 0 Å². The van der Waals surface area contributed by atoms with E-state index in [-0.39, 0.29) is 12.4 Å². The minimum absolute atomic E-state index is 0. The Bertz CT molecular complexity index is 386. The lowest BCUT2D eigenvalue weighted by atomic mass is 9.98. The molecule has 4 heteroatoms. The van der Waals surface area contributed by atoms with Gasteiger partial charge in [-0.2, -0.15) is 0 Å². The first kappa shape index (κ1) is 17.0. The largest absolute Gasteiger partial charge is 0.316 e. The smallest absolute Gasteiger partial charge is 0.0192 e. The van der Waals surface area contributed by atoms with Gasteiger partial charge >= 0.3 is 0 Å². The van der Waals surface area contributed by atoms with Crippen molar-refractivity contribution in [3.63, 3.8) is 0 Å². The van der Waals surface area contributed by atoms with Crippen molar-refractivity contribution in [1.29, 1.82) is 0 Å². The Kier molecular flexibility index (Phi) is 7.37. The number of rotatable bonds is 4. The number of hydrogen-bond donors (Lipinski definition) is 1. The van der Waals surface area contributed by atoms with Gasteiger partial charge in [0, 0.05) is 23.6 Å². The highest BCUT2D eigenvalue weighted by atomic mass is 79.9. The maximum absolute atomic E-state index is 3.55. The molecule has 0 aromatic heterocycles. The Morgan fingerprint density at radius 3 is 2.95 bits per heavy atom. The van der Waals surface area contributed by atoms with E-state index < -0.39 is 0 Å². The maximum Gasteiger partial charge on any atom is 0.0192 e. The summed E-state index contributed by atoms with van der Waals surface area (Å²) in [6, 6.07) is 9.36. The third-order valence-electron chi connectivity index (χ3n) is 3.86. The first-order valence-corrected chi connectivity index (χ1v) is 7.63. The van der Waals surface area contributed by atoms with Crippen LogP contribution >= 0.6 is 28.3 Å². The van der Waals surface area contributed by atoms with Crippen molar-refractivity contribution in [3.05, 3.63) is 34.3 Å². The topological polar surface area (TPSA) is 15.3 Å². The molecule has 0 bridgehead atoms. The van der Waals surface area contributed by atoms with E-state index in [9.17, 15) is 0 Å².